The summed E-state index contributed by atoms with van der Waals surface area (Å²) in [5.41, 5.74) is 0.586. The second-order valence-corrected chi connectivity index (χ2v) is 19.1. The van der Waals surface area contributed by atoms with Crippen molar-refractivity contribution in [2.75, 3.05) is 13.2 Å². The van der Waals surface area contributed by atoms with Crippen LogP contribution in [0.5, 0.6) is 0 Å². The van der Waals surface area contributed by atoms with E-state index >= 15 is 0 Å². The van der Waals surface area contributed by atoms with Gasteiger partial charge >= 0.3 is 71.6 Å². The van der Waals surface area contributed by atoms with E-state index in [1.165, 1.54) is 72.9 Å². The van der Waals surface area contributed by atoms with Gasteiger partial charge in [-0.3, -0.25) is 47.9 Å². The molecule has 0 amide bonds. The lowest BCUT2D eigenvalue weighted by Gasteiger charge is -2.10. The minimum absolute atomic E-state index is 0.0628. The van der Waals surface area contributed by atoms with Gasteiger partial charge in [-0.1, -0.05) is 145 Å². The largest absolute Gasteiger partial charge is 0.481 e. The lowest BCUT2D eigenvalue weighted by Crippen LogP contribution is -2.15. The van der Waals surface area contributed by atoms with Crippen LogP contribution in [0.25, 0.3) is 21.5 Å². The van der Waals surface area contributed by atoms with Crippen LogP contribution >= 0.6 is 0 Å². The molecule has 87 heavy (non-hydrogen) atoms. The van der Waals surface area contributed by atoms with Gasteiger partial charge in [0.2, 0.25) is 0 Å². The van der Waals surface area contributed by atoms with Crippen LogP contribution in [0.2, 0.25) is 0 Å². The lowest BCUT2D eigenvalue weighted by molar-refractivity contribution is -0.148. The molecule has 10 N–H and O–H groups in total. The predicted octanol–water partition coefficient (Wildman–Crippen LogP) is 12.3. The smallest absolute Gasteiger partial charge is 0.339 e. The molecule has 0 heterocycles. The number of carboxylic acids is 10. The maximum atomic E-state index is 12.4. The molecular weight excluding hydrogens is 1140 g/mol. The van der Waals surface area contributed by atoms with Crippen molar-refractivity contribution in [2.24, 2.45) is 0 Å². The summed E-state index contributed by atoms with van der Waals surface area (Å²) in [7, 11) is 0. The van der Waals surface area contributed by atoms with Crippen LogP contribution in [0.1, 0.15) is 208 Å². The number of carbonyl (C=O) groups is 12. The summed E-state index contributed by atoms with van der Waals surface area (Å²) in [5.74, 6) is -10.9. The van der Waals surface area contributed by atoms with Crippen LogP contribution in [0.15, 0.2) is 84.9 Å². The van der Waals surface area contributed by atoms with E-state index in [1.54, 1.807) is 24.3 Å². The average molecular weight is 1230 g/mol. The molecule has 0 aromatic heterocycles. The Labute approximate surface area is 506 Å². The zero-order valence-electron chi connectivity index (χ0n) is 49.8. The van der Waals surface area contributed by atoms with Crippen LogP contribution in [0.3, 0.4) is 0 Å². The molecule has 0 saturated heterocycles. The summed E-state index contributed by atoms with van der Waals surface area (Å²) >= 11 is 0. The Morgan fingerprint density at radius 2 is 0.506 bits per heavy atom. The first-order chi connectivity index (χ1) is 41.3. The molecule has 0 radical (unpaired) electrons. The molecule has 0 aliphatic carbocycles. The van der Waals surface area contributed by atoms with Gasteiger partial charge in [0.15, 0.2) is 0 Å². The first-order valence-electron chi connectivity index (χ1n) is 28.8. The van der Waals surface area contributed by atoms with Crippen molar-refractivity contribution in [3.05, 3.63) is 96.1 Å². The van der Waals surface area contributed by atoms with E-state index in [4.69, 9.17) is 60.5 Å². The number of rotatable bonds is 36. The summed E-state index contributed by atoms with van der Waals surface area (Å²) in [6, 6.07) is 28.2. The quantitative estimate of drug-likeness (QED) is 0.00875. The maximum Gasteiger partial charge on any atom is 0.339 e. The molecular formula is C63H88O24. The SMILES string of the molecule is CCCCCCCCOC(=O)c1ccccc1C(=O)OCCCCCCCC.O=C(O)CC(=O)O.O=C(O)CCC(=O)O.O=C(O)CCCC(=O)O.O=C(O)CCCCC(=O)O.O=C(O)CCCCCC(=O)O.c1ccc2cc3ccccc3cc2c1. The van der Waals surface area contributed by atoms with E-state index in [-0.39, 0.29) is 57.8 Å². The van der Waals surface area contributed by atoms with Gasteiger partial charge in [-0.25, -0.2) is 9.59 Å². The number of hydrogen-bond acceptors (Lipinski definition) is 14. The Morgan fingerprint density at radius 1 is 0.276 bits per heavy atom. The molecule has 4 aromatic rings. The molecule has 0 bridgehead atoms. The van der Waals surface area contributed by atoms with Gasteiger partial charge in [-0.2, -0.15) is 0 Å². The van der Waals surface area contributed by atoms with Gasteiger partial charge in [0.25, 0.3) is 0 Å². The molecule has 24 nitrogen and oxygen atoms in total. The van der Waals surface area contributed by atoms with E-state index < -0.39 is 78.1 Å². The van der Waals surface area contributed by atoms with E-state index in [0.717, 1.165) is 25.7 Å². The highest BCUT2D eigenvalue weighted by Crippen LogP contribution is 2.22. The average Bonchev–Trinajstić information content (AvgIpc) is 1.53. The minimum Gasteiger partial charge on any atom is -0.481 e. The molecule has 0 aliphatic heterocycles. The van der Waals surface area contributed by atoms with Crippen molar-refractivity contribution in [3.63, 3.8) is 0 Å². The van der Waals surface area contributed by atoms with Crippen molar-refractivity contribution in [1.82, 2.24) is 0 Å². The van der Waals surface area contributed by atoms with Crippen LogP contribution in [0, 0.1) is 0 Å². The monoisotopic (exact) mass is 1230 g/mol. The molecule has 484 valence electrons. The standard InChI is InChI=1S/C24H38O4.C14H10.C7H12O4.C6H10O4.C5H8O4.C4H6O4.C3H4O4/c1-3-5-7-9-11-15-19-27-23(25)21-17-13-14-18-22(21)24(26)28-20-16-12-10-8-6-4-2;1-2-6-12-10-14-8-4-3-7-13(14)9-11(12)5-1;8-6(9)4-2-1-3-5-7(10)11;7-5(8)3-1-2-4-6(9)10;6-4(7)2-1-3-5(8)9;5-3(6)1-2-4(7)8;4-2(5)1-3(6)7/h13-14,17-18H,3-12,15-16,19-20H2,1-2H3;1-10H;1-5H2,(H,8,9)(H,10,11);1-4H2,(H,7,8)(H,9,10);1-3H2,(H,6,7)(H,8,9);1-2H2,(H,5,6)(H,7,8);1H2,(H,4,5)(H,6,7). The van der Waals surface area contributed by atoms with Crippen molar-refractivity contribution in [2.45, 2.75) is 187 Å². The number of hydrogen-bond donors (Lipinski definition) is 10. The zero-order valence-corrected chi connectivity index (χ0v) is 49.8. The van der Waals surface area contributed by atoms with Crippen molar-refractivity contribution < 1.29 is 118 Å². The van der Waals surface area contributed by atoms with Gasteiger partial charge in [-0.15, -0.1) is 0 Å². The molecule has 0 atom stereocenters. The van der Waals surface area contributed by atoms with Crippen molar-refractivity contribution in [3.8, 4) is 0 Å². The third-order valence-electron chi connectivity index (χ3n) is 11.4. The number of carboxylic acid groups (broad SMARTS) is 10. The van der Waals surface area contributed by atoms with Gasteiger partial charge in [0.05, 0.1) is 37.2 Å². The van der Waals surface area contributed by atoms with Gasteiger partial charge in [-0.05, 0) is 90.8 Å². The van der Waals surface area contributed by atoms with Crippen LogP contribution in [-0.4, -0.2) is 136 Å². The summed E-state index contributed by atoms with van der Waals surface area (Å²) < 4.78 is 10.7. The fourth-order valence-electron chi connectivity index (χ4n) is 6.99. The first-order valence-corrected chi connectivity index (χ1v) is 28.8. The minimum atomic E-state index is -1.31. The fourth-order valence-corrected chi connectivity index (χ4v) is 6.99. The summed E-state index contributed by atoms with van der Waals surface area (Å²) in [5, 5.41) is 85.2. The normalized spacial score (nSPS) is 9.77. The molecule has 0 fully saturated rings. The van der Waals surface area contributed by atoms with Gasteiger partial charge < -0.3 is 60.5 Å². The third kappa shape index (κ3) is 56.0. The number of carbonyl (C=O) groups excluding carboxylic acids is 2. The van der Waals surface area contributed by atoms with Crippen molar-refractivity contribution in [1.29, 1.82) is 0 Å². The van der Waals surface area contributed by atoms with Gasteiger partial charge in [0.1, 0.15) is 6.42 Å². The Bertz CT molecular complexity index is 2440. The maximum absolute atomic E-state index is 12.4. The number of fused-ring (bicyclic) bond motifs is 2. The molecule has 4 aromatic carbocycles. The second-order valence-electron chi connectivity index (χ2n) is 19.1. The zero-order chi connectivity index (χ0) is 66.2. The summed E-state index contributed by atoms with van der Waals surface area (Å²) in [6.07, 6.45) is 15.4. The molecule has 24 heteroatoms. The Morgan fingerprint density at radius 3 is 0.759 bits per heavy atom. The third-order valence-corrected chi connectivity index (χ3v) is 11.4. The Kier molecular flexibility index (Phi) is 51.9. The number of benzene rings is 4. The van der Waals surface area contributed by atoms with E-state index in [0.29, 0.717) is 56.4 Å². The topological polar surface area (TPSA) is 426 Å². The van der Waals surface area contributed by atoms with Crippen LogP contribution < -0.4 is 0 Å². The highest BCUT2D eigenvalue weighted by atomic mass is 16.5. The van der Waals surface area contributed by atoms with Gasteiger partial charge in [0, 0.05) is 38.5 Å². The highest BCUT2D eigenvalue weighted by molar-refractivity contribution is 6.03. The van der Waals surface area contributed by atoms with Crippen molar-refractivity contribution >= 4 is 93.2 Å². The summed E-state index contributed by atoms with van der Waals surface area (Å²) in [6.45, 7) is 5.17. The predicted molar refractivity (Wildman–Crippen MR) is 321 cm³/mol. The molecule has 0 spiro atoms. The summed E-state index contributed by atoms with van der Waals surface area (Å²) in [4.78, 5) is 122. The Balaban J connectivity index is -0.00000102. The van der Waals surface area contributed by atoms with E-state index in [2.05, 4.69) is 74.5 Å². The fraction of sp³-hybridized carbons (Fsp3) is 0.492. The van der Waals surface area contributed by atoms with Crippen LogP contribution in [0.4, 0.5) is 0 Å². The Hall–Kier alpha value is -8.96. The highest BCUT2D eigenvalue weighted by Gasteiger charge is 2.19. The van der Waals surface area contributed by atoms with E-state index in [1.807, 2.05) is 0 Å². The number of aliphatic carboxylic acids is 10. The molecule has 0 unspecified atom stereocenters. The second kappa shape index (κ2) is 54.9. The number of unbranched alkanes of at least 4 members (excludes halogenated alkanes) is 13. The number of esters is 2. The lowest BCUT2D eigenvalue weighted by atomic mass is 10.0. The van der Waals surface area contributed by atoms with E-state index in [9.17, 15) is 57.5 Å². The first kappa shape index (κ1) is 82.3. The number of ether oxygens (including phenoxy) is 2. The van der Waals surface area contributed by atoms with Crippen LogP contribution in [-0.2, 0) is 57.4 Å². The molecule has 4 rings (SSSR count). The molecule has 0 aliphatic rings. The molecule has 0 saturated carbocycles.